The van der Waals surface area contributed by atoms with Gasteiger partial charge in [0, 0.05) is 6.54 Å². The molecule has 3 nitrogen and oxygen atoms in total. The molecule has 0 N–H and O–H groups in total. The van der Waals surface area contributed by atoms with Crippen molar-refractivity contribution in [3.8, 4) is 0 Å². The Morgan fingerprint density at radius 2 is 1.86 bits per heavy atom. The summed E-state index contributed by atoms with van der Waals surface area (Å²) in [6.45, 7) is 2.53. The Morgan fingerprint density at radius 3 is 2.36 bits per heavy atom. The van der Waals surface area contributed by atoms with Crippen LogP contribution in [-0.4, -0.2) is 23.0 Å². The van der Waals surface area contributed by atoms with Gasteiger partial charge in [-0.15, -0.1) is 0 Å². The average Bonchev–Trinajstić information content (AvgIpc) is 2.41. The Labute approximate surface area is 139 Å². The average molecular weight is 307 g/mol. The second kappa shape index (κ2) is 7.08. The summed E-state index contributed by atoms with van der Waals surface area (Å²) < 4.78 is 37.5. The maximum atomic E-state index is 12.5. The van der Waals surface area contributed by atoms with Gasteiger partial charge in [0.2, 0.25) is 0 Å². The van der Waals surface area contributed by atoms with E-state index < -0.39 is 23.2 Å². The van der Waals surface area contributed by atoms with Crippen molar-refractivity contribution < 1.29 is 41.9 Å². The van der Waals surface area contributed by atoms with Crippen molar-refractivity contribution in [2.24, 2.45) is 0 Å². The molecule has 1 aliphatic heterocycles. The molecule has 0 bridgehead atoms. The van der Waals surface area contributed by atoms with Crippen LogP contribution < -0.4 is 24.0 Å². The predicted octanol–water partition coefficient (Wildman–Crippen LogP) is -0.796. The fourth-order valence-electron chi connectivity index (χ4n) is 2.68. The minimum atomic E-state index is -4.36. The minimum absolute atomic E-state index is 0. The molecule has 1 saturated heterocycles. The molecule has 1 aromatic rings. The number of halogens is 3. The van der Waals surface area contributed by atoms with Gasteiger partial charge in [-0.05, 0) is 50.4 Å². The molecule has 116 valence electrons. The number of hydrogen-bond donors (Lipinski definition) is 0. The van der Waals surface area contributed by atoms with Crippen LogP contribution in [0.15, 0.2) is 24.3 Å². The molecule has 0 unspecified atom stereocenters. The minimum Gasteiger partial charge on any atom is -0.548 e. The summed E-state index contributed by atoms with van der Waals surface area (Å²) in [5.74, 6) is -1.13. The second-order valence-corrected chi connectivity index (χ2v) is 5.63. The van der Waals surface area contributed by atoms with Gasteiger partial charge >= 0.3 is 25.0 Å². The van der Waals surface area contributed by atoms with E-state index in [4.69, 9.17) is 0 Å². The summed E-state index contributed by atoms with van der Waals surface area (Å²) in [5.41, 5.74) is -1.09. The van der Waals surface area contributed by atoms with Crippen LogP contribution in [0.2, 0.25) is 0 Å². The van der Waals surface area contributed by atoms with Gasteiger partial charge in [-0.2, -0.15) is 13.2 Å². The van der Waals surface area contributed by atoms with Gasteiger partial charge in [-0.3, -0.25) is 4.90 Å². The number of benzene rings is 1. The largest absolute Gasteiger partial charge is 1.00 e. The number of likely N-dealkylation sites (tertiary alicyclic amines) is 1. The van der Waals surface area contributed by atoms with E-state index >= 15 is 0 Å². The molecule has 1 atom stereocenters. The Hall–Kier alpha value is -0.963. The number of carboxylic acids is 1. The molecular formula is C15H17F3LiNO2. The topological polar surface area (TPSA) is 43.4 Å². The van der Waals surface area contributed by atoms with Crippen LogP contribution in [0.25, 0.3) is 0 Å². The third kappa shape index (κ3) is 4.06. The zero-order chi connectivity index (χ0) is 15.7. The number of hydrogen-bond acceptors (Lipinski definition) is 3. The summed E-state index contributed by atoms with van der Waals surface area (Å²) in [4.78, 5) is 13.1. The maximum absolute atomic E-state index is 12.5. The fourth-order valence-corrected chi connectivity index (χ4v) is 2.68. The van der Waals surface area contributed by atoms with Gasteiger partial charge in [0.25, 0.3) is 0 Å². The zero-order valence-electron chi connectivity index (χ0n) is 12.7. The van der Waals surface area contributed by atoms with E-state index in [0.29, 0.717) is 25.1 Å². The molecule has 22 heavy (non-hydrogen) atoms. The van der Waals surface area contributed by atoms with E-state index in [2.05, 4.69) is 0 Å². The van der Waals surface area contributed by atoms with E-state index in [0.717, 1.165) is 25.0 Å². The summed E-state index contributed by atoms with van der Waals surface area (Å²) in [5, 5.41) is 11.4. The Balaban J connectivity index is 0.00000242. The molecule has 0 amide bonds. The third-order valence-electron chi connectivity index (χ3n) is 4.13. The first kappa shape index (κ1) is 19.1. The monoisotopic (exact) mass is 307 g/mol. The predicted molar refractivity (Wildman–Crippen MR) is 69.1 cm³/mol. The molecule has 0 spiro atoms. The van der Waals surface area contributed by atoms with Crippen LogP contribution in [-0.2, 0) is 17.5 Å². The van der Waals surface area contributed by atoms with Crippen molar-refractivity contribution in [1.82, 2.24) is 4.90 Å². The van der Waals surface area contributed by atoms with Crippen LogP contribution in [0.3, 0.4) is 0 Å². The summed E-state index contributed by atoms with van der Waals surface area (Å²) in [7, 11) is 0. The first-order valence-corrected chi connectivity index (χ1v) is 6.86. The number of carboxylic acid groups (broad SMARTS) is 1. The molecule has 0 saturated carbocycles. The summed E-state index contributed by atoms with van der Waals surface area (Å²) in [6.07, 6.45) is -2.17. The van der Waals surface area contributed by atoms with Crippen LogP contribution in [0, 0.1) is 0 Å². The first-order valence-electron chi connectivity index (χ1n) is 6.86. The number of rotatable bonds is 3. The number of carbonyl (C=O) groups excluding carboxylic acids is 1. The van der Waals surface area contributed by atoms with Gasteiger partial charge in [-0.25, -0.2) is 0 Å². The van der Waals surface area contributed by atoms with Gasteiger partial charge in [-0.1, -0.05) is 12.1 Å². The van der Waals surface area contributed by atoms with Crippen molar-refractivity contribution in [3.63, 3.8) is 0 Å². The van der Waals surface area contributed by atoms with Crippen LogP contribution in [0.1, 0.15) is 37.3 Å². The number of alkyl halides is 3. The summed E-state index contributed by atoms with van der Waals surface area (Å²) >= 11 is 0. The Kier molecular flexibility index (Phi) is 6.14. The smallest absolute Gasteiger partial charge is 0.548 e. The maximum Gasteiger partial charge on any atom is 1.00 e. The molecule has 0 radical (unpaired) electrons. The van der Waals surface area contributed by atoms with E-state index in [1.165, 1.54) is 12.1 Å². The normalized spacial score (nSPS) is 22.9. The first-order chi connectivity index (χ1) is 9.73. The zero-order valence-corrected chi connectivity index (χ0v) is 12.7. The van der Waals surface area contributed by atoms with Gasteiger partial charge in [0.1, 0.15) is 0 Å². The fraction of sp³-hybridized carbons (Fsp3) is 0.533. The summed E-state index contributed by atoms with van der Waals surface area (Å²) in [6, 6.07) is 4.84. The number of nitrogens with zero attached hydrogens (tertiary/aromatic N) is 1. The SMILES string of the molecule is C[C@]1(C(=O)[O-])CCCCN1Cc1ccc(C(F)(F)F)cc1.[Li+]. The molecule has 1 aliphatic rings. The quantitative estimate of drug-likeness (QED) is 0.687. The second-order valence-electron chi connectivity index (χ2n) is 5.63. The van der Waals surface area contributed by atoms with E-state index in [-0.39, 0.29) is 18.9 Å². The molecule has 0 aliphatic carbocycles. The molecule has 0 aromatic heterocycles. The third-order valence-corrected chi connectivity index (χ3v) is 4.13. The molecular weight excluding hydrogens is 290 g/mol. The van der Waals surface area contributed by atoms with Crippen molar-refractivity contribution in [3.05, 3.63) is 35.4 Å². The number of piperidine rings is 1. The van der Waals surface area contributed by atoms with Crippen LogP contribution in [0.5, 0.6) is 0 Å². The standard InChI is InChI=1S/C15H18F3NO2.Li/c1-14(13(20)21)8-2-3-9-19(14)10-11-4-6-12(7-5-11)15(16,17)18;/h4-7H,2-3,8-10H2,1H3,(H,20,21);/q;+1/p-1/t14-;/m1./s1. The molecule has 1 fully saturated rings. The van der Waals surface area contributed by atoms with Crippen molar-refractivity contribution in [2.45, 2.75) is 44.4 Å². The van der Waals surface area contributed by atoms with Crippen molar-refractivity contribution in [2.75, 3.05) is 6.54 Å². The molecule has 7 heteroatoms. The van der Waals surface area contributed by atoms with Crippen molar-refractivity contribution >= 4 is 5.97 Å². The Bertz CT molecular complexity index is 519. The molecule has 1 heterocycles. The van der Waals surface area contributed by atoms with Crippen LogP contribution >= 0.6 is 0 Å². The van der Waals surface area contributed by atoms with E-state index in [1.54, 1.807) is 11.8 Å². The number of aliphatic carboxylic acids is 1. The van der Waals surface area contributed by atoms with E-state index in [1.807, 2.05) is 0 Å². The van der Waals surface area contributed by atoms with Gasteiger partial charge in [0.15, 0.2) is 0 Å². The number of carbonyl (C=O) groups is 1. The van der Waals surface area contributed by atoms with E-state index in [9.17, 15) is 23.1 Å². The van der Waals surface area contributed by atoms with Gasteiger partial charge < -0.3 is 9.90 Å². The molecule has 2 rings (SSSR count). The van der Waals surface area contributed by atoms with Gasteiger partial charge in [0.05, 0.1) is 17.1 Å². The Morgan fingerprint density at radius 1 is 1.27 bits per heavy atom. The molecule has 1 aromatic carbocycles. The van der Waals surface area contributed by atoms with Crippen LogP contribution in [0.4, 0.5) is 13.2 Å². The van der Waals surface area contributed by atoms with Crippen molar-refractivity contribution in [1.29, 1.82) is 0 Å².